The molecule has 2 amide bonds. The number of hydrogen-bond donors (Lipinski definition) is 2. The number of nitrogens with zero attached hydrogens (tertiary/aromatic N) is 2. The van der Waals surface area contributed by atoms with Crippen LogP contribution < -0.4 is 11.1 Å². The summed E-state index contributed by atoms with van der Waals surface area (Å²) in [6.07, 6.45) is 2.33. The number of amides is 2. The molecule has 3 N–H and O–H groups in total. The monoisotopic (exact) mass is 448 g/mol. The minimum Gasteiger partial charge on any atom is -0.444 e. The fourth-order valence-electron chi connectivity index (χ4n) is 3.24. The number of anilines is 2. The highest BCUT2D eigenvalue weighted by Crippen LogP contribution is 2.29. The van der Waals surface area contributed by atoms with Crippen molar-refractivity contribution in [1.82, 2.24) is 9.88 Å². The maximum absolute atomic E-state index is 12.5. The van der Waals surface area contributed by atoms with Gasteiger partial charge in [0.2, 0.25) is 5.91 Å². The fourth-order valence-corrected chi connectivity index (χ4v) is 3.59. The number of fused-ring (bicyclic) bond motifs is 1. The van der Waals surface area contributed by atoms with E-state index in [9.17, 15) is 9.59 Å². The van der Waals surface area contributed by atoms with Gasteiger partial charge >= 0.3 is 6.09 Å². The molecule has 1 fully saturated rings. The van der Waals surface area contributed by atoms with E-state index in [1.54, 1.807) is 11.1 Å². The summed E-state index contributed by atoms with van der Waals surface area (Å²) in [5, 5.41) is 3.64. The summed E-state index contributed by atoms with van der Waals surface area (Å²) < 4.78 is 6.31. The molecular formula is C20H25BrN4O3. The van der Waals surface area contributed by atoms with Crippen LogP contribution in [0.4, 0.5) is 16.2 Å². The van der Waals surface area contributed by atoms with Gasteiger partial charge in [-0.05, 0) is 51.3 Å². The summed E-state index contributed by atoms with van der Waals surface area (Å²) >= 11 is 3.41. The third kappa shape index (κ3) is 4.92. The van der Waals surface area contributed by atoms with Gasteiger partial charge in [-0.25, -0.2) is 4.79 Å². The van der Waals surface area contributed by atoms with Gasteiger partial charge in [-0.1, -0.05) is 15.9 Å². The van der Waals surface area contributed by atoms with E-state index < -0.39 is 5.60 Å². The summed E-state index contributed by atoms with van der Waals surface area (Å²) in [6.45, 7) is 6.63. The molecule has 1 aliphatic rings. The molecule has 1 saturated heterocycles. The first-order chi connectivity index (χ1) is 13.1. The number of ether oxygens (including phenoxy) is 1. The lowest BCUT2D eigenvalue weighted by Gasteiger charge is -2.24. The van der Waals surface area contributed by atoms with Crippen LogP contribution in [0.1, 0.15) is 33.6 Å². The Morgan fingerprint density at radius 2 is 2.14 bits per heavy atom. The molecule has 1 atom stereocenters. The molecule has 0 radical (unpaired) electrons. The molecule has 1 aromatic heterocycles. The second-order valence-electron chi connectivity index (χ2n) is 8.08. The number of nitrogens with two attached hydrogens (primary N) is 1. The quantitative estimate of drug-likeness (QED) is 0.733. The first-order valence-corrected chi connectivity index (χ1v) is 10.0. The van der Waals surface area contributed by atoms with Crippen molar-refractivity contribution < 1.29 is 14.3 Å². The van der Waals surface area contributed by atoms with Gasteiger partial charge in [0.1, 0.15) is 5.60 Å². The van der Waals surface area contributed by atoms with Gasteiger partial charge in [-0.15, -0.1) is 0 Å². The highest BCUT2D eigenvalue weighted by molar-refractivity contribution is 9.10. The van der Waals surface area contributed by atoms with Crippen LogP contribution in [-0.4, -0.2) is 40.6 Å². The molecular weight excluding hydrogens is 424 g/mol. The lowest BCUT2D eigenvalue weighted by Crippen LogP contribution is -2.35. The Hall–Kier alpha value is -2.35. The van der Waals surface area contributed by atoms with Crippen molar-refractivity contribution in [2.45, 2.75) is 39.2 Å². The number of nitrogen functional groups attached to an aromatic ring is 1. The number of carbonyl (C=O) groups excluding carboxylic acids is 2. The van der Waals surface area contributed by atoms with Gasteiger partial charge in [0.25, 0.3) is 0 Å². The number of pyridine rings is 1. The Balaban J connectivity index is 1.59. The van der Waals surface area contributed by atoms with Gasteiger partial charge in [-0.2, -0.15) is 0 Å². The Bertz CT molecular complexity index is 910. The summed E-state index contributed by atoms with van der Waals surface area (Å²) in [6, 6.07) is 5.63. The van der Waals surface area contributed by atoms with Crippen molar-refractivity contribution in [3.63, 3.8) is 0 Å². The number of benzene rings is 1. The molecule has 1 aliphatic heterocycles. The second kappa shape index (κ2) is 7.95. The Morgan fingerprint density at radius 3 is 2.86 bits per heavy atom. The van der Waals surface area contributed by atoms with Crippen LogP contribution in [0.5, 0.6) is 0 Å². The largest absolute Gasteiger partial charge is 0.444 e. The number of carbonyl (C=O) groups is 2. The van der Waals surface area contributed by atoms with E-state index in [1.807, 2.05) is 39.0 Å². The minimum absolute atomic E-state index is 0.0955. The fraction of sp³-hybridized carbons (Fsp3) is 0.450. The SMILES string of the molecule is CC(C)(C)OC(=O)N1CCC(CC(=O)Nc2cnc3cc(Br)ccc3c2N)C1. The number of aromatic nitrogens is 1. The molecule has 28 heavy (non-hydrogen) atoms. The highest BCUT2D eigenvalue weighted by atomic mass is 79.9. The summed E-state index contributed by atoms with van der Waals surface area (Å²) in [4.78, 5) is 30.7. The third-order valence-electron chi connectivity index (χ3n) is 4.56. The highest BCUT2D eigenvalue weighted by Gasteiger charge is 2.30. The van der Waals surface area contributed by atoms with E-state index in [0.29, 0.717) is 30.9 Å². The predicted molar refractivity (Wildman–Crippen MR) is 113 cm³/mol. The standard InChI is InChI=1S/C20H25BrN4O3/c1-20(2,3)28-19(27)25-7-6-12(11-25)8-17(26)24-16-10-23-15-9-13(21)4-5-14(15)18(16)22/h4-5,9-10,12H,6-8,11H2,1-3H3,(H2,22,23)(H,24,26). The zero-order chi connectivity index (χ0) is 20.5. The molecule has 2 aromatic rings. The van der Waals surface area contributed by atoms with E-state index in [4.69, 9.17) is 10.5 Å². The van der Waals surface area contributed by atoms with E-state index in [0.717, 1.165) is 21.8 Å². The molecule has 8 heteroatoms. The smallest absolute Gasteiger partial charge is 0.410 e. The summed E-state index contributed by atoms with van der Waals surface area (Å²) in [7, 11) is 0. The van der Waals surface area contributed by atoms with Crippen LogP contribution in [0.2, 0.25) is 0 Å². The van der Waals surface area contributed by atoms with Gasteiger partial charge < -0.3 is 20.7 Å². The minimum atomic E-state index is -0.525. The molecule has 0 saturated carbocycles. The number of hydrogen-bond acceptors (Lipinski definition) is 5. The lowest BCUT2D eigenvalue weighted by molar-refractivity contribution is -0.117. The third-order valence-corrected chi connectivity index (χ3v) is 5.05. The number of nitrogens with one attached hydrogen (secondary N) is 1. The van der Waals surface area contributed by atoms with Gasteiger partial charge in [0, 0.05) is 29.4 Å². The topological polar surface area (TPSA) is 97.5 Å². The number of likely N-dealkylation sites (tertiary alicyclic amines) is 1. The maximum atomic E-state index is 12.5. The Kier molecular flexibility index (Phi) is 5.79. The van der Waals surface area contributed by atoms with Crippen molar-refractivity contribution >= 4 is 50.2 Å². The lowest BCUT2D eigenvalue weighted by atomic mass is 10.0. The zero-order valence-electron chi connectivity index (χ0n) is 16.3. The van der Waals surface area contributed by atoms with Crippen LogP contribution in [0.25, 0.3) is 10.9 Å². The van der Waals surface area contributed by atoms with Crippen LogP contribution in [-0.2, 0) is 9.53 Å². The molecule has 3 rings (SSSR count). The first kappa shape index (κ1) is 20.4. The number of halogens is 1. The van der Waals surface area contributed by atoms with Crippen molar-refractivity contribution in [3.05, 3.63) is 28.9 Å². The van der Waals surface area contributed by atoms with Gasteiger partial charge in [-0.3, -0.25) is 9.78 Å². The van der Waals surface area contributed by atoms with Crippen LogP contribution in [0, 0.1) is 5.92 Å². The molecule has 1 unspecified atom stereocenters. The molecule has 2 heterocycles. The molecule has 0 spiro atoms. The van der Waals surface area contributed by atoms with Crippen molar-refractivity contribution in [3.8, 4) is 0 Å². The average Bonchev–Trinajstić information content (AvgIpc) is 3.04. The van der Waals surface area contributed by atoms with E-state index >= 15 is 0 Å². The first-order valence-electron chi connectivity index (χ1n) is 9.24. The normalized spacial score (nSPS) is 17.0. The Morgan fingerprint density at radius 1 is 1.39 bits per heavy atom. The number of rotatable bonds is 3. The molecule has 150 valence electrons. The molecule has 7 nitrogen and oxygen atoms in total. The summed E-state index contributed by atoms with van der Waals surface area (Å²) in [5.41, 5.74) is 7.43. The Labute approximate surface area is 172 Å². The van der Waals surface area contributed by atoms with Crippen molar-refractivity contribution in [2.24, 2.45) is 5.92 Å². The molecule has 0 bridgehead atoms. The van der Waals surface area contributed by atoms with Gasteiger partial charge in [0.15, 0.2) is 0 Å². The van der Waals surface area contributed by atoms with E-state index in [-0.39, 0.29) is 17.9 Å². The van der Waals surface area contributed by atoms with Gasteiger partial charge in [0.05, 0.1) is 23.1 Å². The van der Waals surface area contributed by atoms with Crippen LogP contribution >= 0.6 is 15.9 Å². The predicted octanol–water partition coefficient (Wildman–Crippen LogP) is 4.17. The van der Waals surface area contributed by atoms with E-state index in [2.05, 4.69) is 26.2 Å². The summed E-state index contributed by atoms with van der Waals surface area (Å²) in [5.74, 6) is -0.0425. The van der Waals surface area contributed by atoms with Crippen LogP contribution in [0.15, 0.2) is 28.9 Å². The van der Waals surface area contributed by atoms with Crippen molar-refractivity contribution in [1.29, 1.82) is 0 Å². The zero-order valence-corrected chi connectivity index (χ0v) is 17.9. The molecule has 1 aromatic carbocycles. The van der Waals surface area contributed by atoms with E-state index in [1.165, 1.54) is 0 Å². The van der Waals surface area contributed by atoms with Crippen LogP contribution in [0.3, 0.4) is 0 Å². The molecule has 0 aliphatic carbocycles. The maximum Gasteiger partial charge on any atom is 0.410 e. The average molecular weight is 449 g/mol. The van der Waals surface area contributed by atoms with Crippen molar-refractivity contribution in [2.75, 3.05) is 24.1 Å². The second-order valence-corrected chi connectivity index (χ2v) is 9.00.